The van der Waals surface area contributed by atoms with Crippen LogP contribution in [0.2, 0.25) is 0 Å². The fraction of sp³-hybridized carbons (Fsp3) is 0.273. The van der Waals surface area contributed by atoms with E-state index >= 15 is 0 Å². The predicted octanol–water partition coefficient (Wildman–Crippen LogP) is 2.32. The first-order valence-electron chi connectivity index (χ1n) is 4.95. The van der Waals surface area contributed by atoms with Gasteiger partial charge in [-0.05, 0) is 0 Å². The average Bonchev–Trinajstić information content (AvgIpc) is 2.74. The lowest BCUT2D eigenvalue weighted by Gasteiger charge is -2.34. The van der Waals surface area contributed by atoms with Crippen molar-refractivity contribution in [3.8, 4) is 6.07 Å². The minimum Gasteiger partial charge on any atom is -0.432 e. The Balaban J connectivity index is 2.66. The summed E-state index contributed by atoms with van der Waals surface area (Å²) in [5.74, 6) is -1.41. The number of nitrogens with two attached hydrogens (primary N) is 1. The lowest BCUT2D eigenvalue weighted by Crippen LogP contribution is -2.47. The highest BCUT2D eigenvalue weighted by molar-refractivity contribution is 5.39. The van der Waals surface area contributed by atoms with E-state index in [0.29, 0.717) is 0 Å². The smallest absolute Gasteiger partial charge is 0.405 e. The highest BCUT2D eigenvalue weighted by Crippen LogP contribution is 2.49. The van der Waals surface area contributed by atoms with Gasteiger partial charge in [0.2, 0.25) is 0 Å². The number of oxazole rings is 1. The number of hydrogen-bond acceptors (Lipinski definition) is 4. The Morgan fingerprint density at radius 1 is 1.44 bits per heavy atom. The third-order valence-electron chi connectivity index (χ3n) is 2.82. The van der Waals surface area contributed by atoms with Crippen molar-refractivity contribution in [2.75, 3.05) is 5.73 Å². The van der Waals surface area contributed by atoms with Crippen LogP contribution >= 0.6 is 0 Å². The average molecular weight is 255 g/mol. The minimum absolute atomic E-state index is 0.367. The molecule has 2 atom stereocenters. The second kappa shape index (κ2) is 3.91. The summed E-state index contributed by atoms with van der Waals surface area (Å²) in [5, 5.41) is 8.93. The van der Waals surface area contributed by atoms with E-state index in [-0.39, 0.29) is 6.01 Å². The number of aromatic nitrogens is 1. The van der Waals surface area contributed by atoms with Crippen molar-refractivity contribution in [1.29, 1.82) is 5.26 Å². The number of hydrogen-bond donors (Lipinski definition) is 1. The van der Waals surface area contributed by atoms with Gasteiger partial charge in [0, 0.05) is 0 Å². The van der Waals surface area contributed by atoms with Crippen LogP contribution in [0, 0.1) is 17.2 Å². The highest BCUT2D eigenvalue weighted by Gasteiger charge is 2.61. The van der Waals surface area contributed by atoms with Gasteiger partial charge in [-0.25, -0.2) is 0 Å². The molecule has 2 unspecified atom stereocenters. The van der Waals surface area contributed by atoms with Crippen molar-refractivity contribution in [3.05, 3.63) is 36.3 Å². The zero-order chi connectivity index (χ0) is 13.4. The van der Waals surface area contributed by atoms with E-state index in [1.165, 1.54) is 18.2 Å². The first-order valence-corrected chi connectivity index (χ1v) is 4.95. The van der Waals surface area contributed by atoms with Crippen LogP contribution in [-0.4, -0.2) is 11.2 Å². The van der Waals surface area contributed by atoms with E-state index in [1.807, 2.05) is 0 Å². The Bertz CT molecular complexity index is 553. The van der Waals surface area contributed by atoms with Crippen LogP contribution in [0.4, 0.5) is 19.2 Å². The molecule has 0 spiro atoms. The maximum Gasteiger partial charge on any atom is 0.405 e. The van der Waals surface area contributed by atoms with Crippen LogP contribution < -0.4 is 5.73 Å². The zero-order valence-corrected chi connectivity index (χ0v) is 8.98. The molecule has 1 heterocycles. The first kappa shape index (κ1) is 12.2. The summed E-state index contributed by atoms with van der Waals surface area (Å²) in [6.45, 7) is 0. The van der Waals surface area contributed by atoms with E-state index in [0.717, 1.165) is 12.3 Å². The normalized spacial score (nSPS) is 27.1. The molecule has 0 aromatic carbocycles. The Labute approximate surface area is 100 Å². The van der Waals surface area contributed by atoms with E-state index in [9.17, 15) is 13.2 Å². The van der Waals surface area contributed by atoms with Gasteiger partial charge in [-0.2, -0.15) is 23.4 Å². The Morgan fingerprint density at radius 2 is 2.17 bits per heavy atom. The summed E-state index contributed by atoms with van der Waals surface area (Å²) in [7, 11) is 0. The molecule has 0 amide bonds. The number of alkyl halides is 3. The molecule has 2 rings (SSSR count). The van der Waals surface area contributed by atoms with Gasteiger partial charge >= 0.3 is 6.18 Å². The summed E-state index contributed by atoms with van der Waals surface area (Å²) in [6, 6.07) is 1.26. The Kier molecular flexibility index (Phi) is 2.66. The summed E-state index contributed by atoms with van der Waals surface area (Å²) in [5.41, 5.74) is 2.27. The van der Waals surface area contributed by atoms with E-state index in [4.69, 9.17) is 11.0 Å². The number of nitriles is 1. The third-order valence-corrected chi connectivity index (χ3v) is 2.82. The molecule has 94 valence electrons. The van der Waals surface area contributed by atoms with Gasteiger partial charge in [-0.1, -0.05) is 24.3 Å². The van der Waals surface area contributed by atoms with Crippen LogP contribution in [0.5, 0.6) is 0 Å². The van der Waals surface area contributed by atoms with Gasteiger partial charge in [0.1, 0.15) is 17.4 Å². The molecule has 0 fully saturated rings. The lowest BCUT2D eigenvalue weighted by molar-refractivity contribution is -0.183. The molecule has 0 bridgehead atoms. The summed E-state index contributed by atoms with van der Waals surface area (Å²) in [4.78, 5) is 3.53. The first-order chi connectivity index (χ1) is 8.41. The van der Waals surface area contributed by atoms with Crippen molar-refractivity contribution in [2.45, 2.75) is 11.6 Å². The van der Waals surface area contributed by atoms with Crippen LogP contribution in [0.3, 0.4) is 0 Å². The molecule has 1 aliphatic rings. The summed E-state index contributed by atoms with van der Waals surface area (Å²) < 4.78 is 44.7. The van der Waals surface area contributed by atoms with E-state index < -0.39 is 23.2 Å². The van der Waals surface area contributed by atoms with Crippen molar-refractivity contribution >= 4 is 6.01 Å². The molecule has 2 N–H and O–H groups in total. The van der Waals surface area contributed by atoms with Crippen molar-refractivity contribution in [2.24, 2.45) is 5.92 Å². The maximum atomic E-state index is 13.4. The molecule has 1 aliphatic carbocycles. The fourth-order valence-corrected chi connectivity index (χ4v) is 1.92. The fourth-order valence-electron chi connectivity index (χ4n) is 1.92. The topological polar surface area (TPSA) is 75.8 Å². The van der Waals surface area contributed by atoms with Gasteiger partial charge in [0.05, 0.1) is 12.0 Å². The molecular formula is C11H8F3N3O. The molecule has 0 saturated heterocycles. The van der Waals surface area contributed by atoms with Crippen LogP contribution in [-0.2, 0) is 5.41 Å². The maximum absolute atomic E-state index is 13.4. The van der Waals surface area contributed by atoms with E-state index in [2.05, 4.69) is 9.40 Å². The van der Waals surface area contributed by atoms with Crippen molar-refractivity contribution < 1.29 is 17.6 Å². The predicted molar refractivity (Wildman–Crippen MR) is 56.0 cm³/mol. The van der Waals surface area contributed by atoms with Gasteiger partial charge < -0.3 is 10.2 Å². The molecule has 0 radical (unpaired) electrons. The molecule has 0 saturated carbocycles. The Hall–Kier alpha value is -2.23. The van der Waals surface area contributed by atoms with Gasteiger partial charge in [-0.3, -0.25) is 0 Å². The number of nitrogens with zero attached hydrogens (tertiary/aromatic N) is 2. The van der Waals surface area contributed by atoms with Crippen LogP contribution in [0.25, 0.3) is 0 Å². The molecule has 7 heteroatoms. The third kappa shape index (κ3) is 1.57. The second-order valence-corrected chi connectivity index (χ2v) is 3.79. The quantitative estimate of drug-likeness (QED) is 0.835. The summed E-state index contributed by atoms with van der Waals surface area (Å²) in [6.07, 6.45) is 0.846. The molecule has 0 aliphatic heterocycles. The lowest BCUT2D eigenvalue weighted by atomic mass is 9.70. The number of rotatable bonds is 1. The molecule has 1 aromatic heterocycles. The largest absolute Gasteiger partial charge is 0.432 e. The molecule has 4 nitrogen and oxygen atoms in total. The molecule has 18 heavy (non-hydrogen) atoms. The van der Waals surface area contributed by atoms with E-state index in [1.54, 1.807) is 6.07 Å². The van der Waals surface area contributed by atoms with Crippen molar-refractivity contribution in [1.82, 2.24) is 4.98 Å². The Morgan fingerprint density at radius 3 is 2.67 bits per heavy atom. The number of allylic oxidation sites excluding steroid dienone is 4. The second-order valence-electron chi connectivity index (χ2n) is 3.79. The van der Waals surface area contributed by atoms with Gasteiger partial charge in [0.15, 0.2) is 0 Å². The van der Waals surface area contributed by atoms with Crippen LogP contribution in [0.15, 0.2) is 35.0 Å². The van der Waals surface area contributed by atoms with Crippen molar-refractivity contribution in [3.63, 3.8) is 0 Å². The summed E-state index contributed by atoms with van der Waals surface area (Å²) >= 11 is 0. The number of halogens is 3. The zero-order valence-electron chi connectivity index (χ0n) is 8.98. The number of nitrogen functional groups attached to an aromatic ring is 1. The van der Waals surface area contributed by atoms with Gasteiger partial charge in [0.25, 0.3) is 6.01 Å². The minimum atomic E-state index is -4.68. The molecular weight excluding hydrogens is 247 g/mol. The highest BCUT2D eigenvalue weighted by atomic mass is 19.4. The molecule has 1 aromatic rings. The monoisotopic (exact) mass is 255 g/mol. The van der Waals surface area contributed by atoms with Crippen LogP contribution in [0.1, 0.15) is 5.69 Å². The SMILES string of the molecule is N#CC1C=CC=CC1(c1coc(N)n1)C(F)(F)F. The standard InChI is InChI=1S/C11H8F3N3O/c12-11(13,14)10(8-6-18-9(16)17-8)4-2-1-3-7(10)5-15/h1-4,6-7H,(H2,16,17). The number of anilines is 1. The van der Waals surface area contributed by atoms with Gasteiger partial charge in [-0.15, -0.1) is 0 Å².